The van der Waals surface area contributed by atoms with Crippen LogP contribution >= 0.6 is 0 Å². The van der Waals surface area contributed by atoms with Crippen molar-refractivity contribution >= 4 is 0 Å². The van der Waals surface area contributed by atoms with E-state index < -0.39 is 0 Å². The van der Waals surface area contributed by atoms with Crippen LogP contribution in [0.3, 0.4) is 0 Å². The number of rotatable bonds is 6. The molecule has 1 spiro atoms. The first-order valence-corrected chi connectivity index (χ1v) is 8.97. The van der Waals surface area contributed by atoms with Crippen molar-refractivity contribution in [3.8, 4) is 0 Å². The quantitative estimate of drug-likeness (QED) is 0.539. The van der Waals surface area contributed by atoms with E-state index in [0.717, 1.165) is 40.9 Å². The third kappa shape index (κ3) is 2.61. The molecule has 2 rings (SSSR count). The molecular weight excluding hydrogens is 228 g/mol. The highest BCUT2D eigenvalue weighted by molar-refractivity contribution is 5.14. The normalized spacial score (nSPS) is 43.1. The summed E-state index contributed by atoms with van der Waals surface area (Å²) in [4.78, 5) is 0. The van der Waals surface area contributed by atoms with Crippen LogP contribution in [0.1, 0.15) is 80.1 Å². The second kappa shape index (κ2) is 5.78. The predicted octanol–water partition coefficient (Wildman–Crippen LogP) is 6.16. The Morgan fingerprint density at radius 1 is 1.16 bits per heavy atom. The number of hydrogen-bond donors (Lipinski definition) is 0. The van der Waals surface area contributed by atoms with E-state index in [9.17, 15) is 0 Å². The fraction of sp³-hybridized carbons (Fsp3) is 1.00. The summed E-state index contributed by atoms with van der Waals surface area (Å²) in [5, 5.41) is 0. The van der Waals surface area contributed by atoms with Crippen molar-refractivity contribution in [1.29, 1.82) is 0 Å². The Morgan fingerprint density at radius 2 is 1.84 bits per heavy atom. The van der Waals surface area contributed by atoms with Gasteiger partial charge in [0.15, 0.2) is 0 Å². The van der Waals surface area contributed by atoms with Crippen LogP contribution < -0.4 is 0 Å². The van der Waals surface area contributed by atoms with Gasteiger partial charge in [-0.25, -0.2) is 0 Å². The highest BCUT2D eigenvalue weighted by Gasteiger charge is 2.66. The summed E-state index contributed by atoms with van der Waals surface area (Å²) < 4.78 is 0. The maximum atomic E-state index is 2.57. The topological polar surface area (TPSA) is 0 Å². The fourth-order valence-corrected chi connectivity index (χ4v) is 5.58. The van der Waals surface area contributed by atoms with Crippen LogP contribution in [0.4, 0.5) is 0 Å². The van der Waals surface area contributed by atoms with Crippen molar-refractivity contribution in [2.24, 2.45) is 40.9 Å². The van der Waals surface area contributed by atoms with Crippen LogP contribution in [0.5, 0.6) is 0 Å². The predicted molar refractivity (Wildman–Crippen MR) is 85.1 cm³/mol. The zero-order valence-corrected chi connectivity index (χ0v) is 14.2. The Balaban J connectivity index is 2.12. The molecule has 6 unspecified atom stereocenters. The molecule has 2 fully saturated rings. The zero-order valence-electron chi connectivity index (χ0n) is 14.2. The molecular formula is C19H36. The second-order valence-electron chi connectivity index (χ2n) is 8.20. The first-order valence-electron chi connectivity index (χ1n) is 8.97. The van der Waals surface area contributed by atoms with Crippen molar-refractivity contribution < 1.29 is 0 Å². The molecule has 0 nitrogen and oxygen atoms in total. The Labute approximate surface area is 121 Å². The molecule has 0 radical (unpaired) electrons. The van der Waals surface area contributed by atoms with Gasteiger partial charge in [-0.3, -0.25) is 0 Å². The lowest BCUT2D eigenvalue weighted by Gasteiger charge is -2.33. The molecule has 0 amide bonds. The van der Waals surface area contributed by atoms with Gasteiger partial charge in [0.1, 0.15) is 0 Å². The van der Waals surface area contributed by atoms with Gasteiger partial charge in [0.2, 0.25) is 0 Å². The van der Waals surface area contributed by atoms with E-state index >= 15 is 0 Å². The SMILES string of the molecule is CCC(C)C1C(CCC(C)C)CC(C)C12CC2CC. The standard InChI is InChI=1S/C19H36/c1-7-14(5)18-16(10-9-13(3)4)11-15(6)19(18)12-17(19)8-2/h13-18H,7-12H2,1-6H3. The summed E-state index contributed by atoms with van der Waals surface area (Å²) in [6, 6.07) is 0. The molecule has 2 aliphatic rings. The maximum absolute atomic E-state index is 2.57. The lowest BCUT2D eigenvalue weighted by molar-refractivity contribution is 0.155. The Bertz CT molecular complexity index is 292. The Kier molecular flexibility index (Phi) is 4.68. The van der Waals surface area contributed by atoms with Crippen molar-refractivity contribution in [2.75, 3.05) is 0 Å². The number of hydrogen-bond acceptors (Lipinski definition) is 0. The lowest BCUT2D eigenvalue weighted by Crippen LogP contribution is -2.27. The largest absolute Gasteiger partial charge is 0.0651 e. The molecule has 0 bridgehead atoms. The van der Waals surface area contributed by atoms with Gasteiger partial charge in [-0.15, -0.1) is 0 Å². The van der Waals surface area contributed by atoms with Gasteiger partial charge in [0.25, 0.3) is 0 Å². The Morgan fingerprint density at radius 3 is 2.32 bits per heavy atom. The zero-order chi connectivity index (χ0) is 14.2. The molecule has 0 heterocycles. The van der Waals surface area contributed by atoms with Gasteiger partial charge in [-0.05, 0) is 60.2 Å². The molecule has 0 aromatic rings. The molecule has 0 saturated heterocycles. The molecule has 0 aromatic heterocycles. The van der Waals surface area contributed by atoms with Gasteiger partial charge < -0.3 is 0 Å². The van der Waals surface area contributed by atoms with E-state index in [4.69, 9.17) is 0 Å². The van der Waals surface area contributed by atoms with Gasteiger partial charge in [0.05, 0.1) is 0 Å². The third-order valence-corrected chi connectivity index (χ3v) is 6.77. The molecule has 2 aliphatic carbocycles. The van der Waals surface area contributed by atoms with Crippen LogP contribution in [0.2, 0.25) is 0 Å². The van der Waals surface area contributed by atoms with Gasteiger partial charge in [-0.2, -0.15) is 0 Å². The summed E-state index contributed by atoms with van der Waals surface area (Å²) in [5.41, 5.74) is 0.770. The van der Waals surface area contributed by atoms with E-state index in [1.54, 1.807) is 6.42 Å². The van der Waals surface area contributed by atoms with Crippen LogP contribution in [0, 0.1) is 40.9 Å². The van der Waals surface area contributed by atoms with Crippen molar-refractivity contribution in [3.05, 3.63) is 0 Å². The monoisotopic (exact) mass is 264 g/mol. The van der Waals surface area contributed by atoms with Crippen LogP contribution in [0.15, 0.2) is 0 Å². The minimum absolute atomic E-state index is 0.770. The minimum Gasteiger partial charge on any atom is -0.0651 e. The average Bonchev–Trinajstić information content (AvgIpc) is 3.03. The summed E-state index contributed by atoms with van der Waals surface area (Å²) in [6.07, 6.45) is 8.82. The van der Waals surface area contributed by atoms with Gasteiger partial charge >= 0.3 is 0 Å². The second-order valence-corrected chi connectivity index (χ2v) is 8.20. The minimum atomic E-state index is 0.770. The van der Waals surface area contributed by atoms with Crippen LogP contribution in [-0.2, 0) is 0 Å². The fourth-order valence-electron chi connectivity index (χ4n) is 5.58. The van der Waals surface area contributed by atoms with E-state index in [-0.39, 0.29) is 0 Å². The Hall–Kier alpha value is 0. The molecule has 0 N–H and O–H groups in total. The highest BCUT2D eigenvalue weighted by atomic mass is 14.7. The summed E-state index contributed by atoms with van der Waals surface area (Å²) in [5.74, 6) is 5.95. The molecule has 19 heavy (non-hydrogen) atoms. The third-order valence-electron chi connectivity index (χ3n) is 6.77. The van der Waals surface area contributed by atoms with Gasteiger partial charge in [-0.1, -0.05) is 60.8 Å². The molecule has 112 valence electrons. The summed E-state index contributed by atoms with van der Waals surface area (Å²) in [7, 11) is 0. The first kappa shape index (κ1) is 15.4. The molecule has 2 saturated carbocycles. The maximum Gasteiger partial charge on any atom is -0.0207 e. The van der Waals surface area contributed by atoms with Crippen molar-refractivity contribution in [2.45, 2.75) is 80.1 Å². The summed E-state index contributed by atoms with van der Waals surface area (Å²) >= 11 is 0. The van der Waals surface area contributed by atoms with E-state index in [0.29, 0.717) is 0 Å². The van der Waals surface area contributed by atoms with Crippen LogP contribution in [0.25, 0.3) is 0 Å². The van der Waals surface area contributed by atoms with Gasteiger partial charge in [0, 0.05) is 0 Å². The van der Waals surface area contributed by atoms with Crippen LogP contribution in [-0.4, -0.2) is 0 Å². The lowest BCUT2D eigenvalue weighted by atomic mass is 9.72. The van der Waals surface area contributed by atoms with E-state index in [1.807, 2.05) is 0 Å². The average molecular weight is 264 g/mol. The highest BCUT2D eigenvalue weighted by Crippen LogP contribution is 2.73. The van der Waals surface area contributed by atoms with Crippen molar-refractivity contribution in [1.82, 2.24) is 0 Å². The molecule has 0 aromatic carbocycles. The molecule has 0 heteroatoms. The van der Waals surface area contributed by atoms with E-state index in [2.05, 4.69) is 41.5 Å². The first-order chi connectivity index (χ1) is 8.97. The van der Waals surface area contributed by atoms with E-state index in [1.165, 1.54) is 32.1 Å². The molecule has 6 atom stereocenters. The summed E-state index contributed by atoms with van der Waals surface area (Å²) in [6.45, 7) is 14.7. The molecule has 0 aliphatic heterocycles. The smallest absolute Gasteiger partial charge is 0.0207 e. The van der Waals surface area contributed by atoms with Crippen molar-refractivity contribution in [3.63, 3.8) is 0 Å².